The van der Waals surface area contributed by atoms with Crippen LogP contribution in [0.1, 0.15) is 72.3 Å². The molecule has 0 saturated carbocycles. The third-order valence-electron chi connectivity index (χ3n) is 24.7. The molecule has 0 aliphatic heterocycles. The first kappa shape index (κ1) is 106. The van der Waals surface area contributed by atoms with E-state index in [1.54, 1.807) is 0 Å². The van der Waals surface area contributed by atoms with Gasteiger partial charge in [-0.15, -0.1) is 72.8 Å². The first-order valence-electron chi connectivity index (χ1n) is 47.7. The number of nitrogens with zero attached hydrogens (tertiary/aromatic N) is 8. The molecule has 0 aliphatic rings. The molecule has 22 aromatic rings. The fourth-order valence-corrected chi connectivity index (χ4v) is 17.9. The second-order valence-electron chi connectivity index (χ2n) is 36.1. The van der Waals surface area contributed by atoms with E-state index in [4.69, 9.17) is 0 Å². The molecular weight excluding hydrogens is 1910 g/mol. The van der Waals surface area contributed by atoms with Crippen LogP contribution >= 0.6 is 0 Å². The topological polar surface area (TPSA) is 114 Å². The van der Waals surface area contributed by atoms with Crippen LogP contribution in [-0.4, -0.2) is 113 Å². The van der Waals surface area contributed by atoms with E-state index in [-0.39, 0.29) is 75.4 Å². The number of benzene rings is 18. The van der Waals surface area contributed by atoms with Crippen LogP contribution in [0.2, 0.25) is 0 Å². The molecule has 0 unspecified atom stereocenters. The van der Waals surface area contributed by atoms with Gasteiger partial charge in [-0.3, -0.25) is 9.80 Å². The van der Waals surface area contributed by atoms with Crippen LogP contribution in [0.3, 0.4) is 0 Å². The van der Waals surface area contributed by atoms with E-state index in [2.05, 4.69) is 335 Å². The Hall–Kier alpha value is -14.8. The van der Waals surface area contributed by atoms with Crippen molar-refractivity contribution in [1.29, 1.82) is 0 Å². The molecule has 0 saturated heterocycles. The fourth-order valence-electron chi connectivity index (χ4n) is 17.9. The number of aromatic nitrogens is 4. The van der Waals surface area contributed by atoms with Crippen LogP contribution in [0.4, 0.5) is 0 Å². The minimum Gasteiger partial charge on any atom is -0.505 e. The Kier molecular flexibility index (Phi) is 37.7. The van der Waals surface area contributed by atoms with Gasteiger partial charge >= 0.3 is 52.4 Å². The van der Waals surface area contributed by atoms with Gasteiger partial charge in [-0.1, -0.05) is 212 Å². The van der Waals surface area contributed by atoms with Gasteiger partial charge in [-0.05, 0) is 138 Å². The minimum atomic E-state index is 0. The Morgan fingerprint density at radius 2 is 0.371 bits per heavy atom. The summed E-state index contributed by atoms with van der Waals surface area (Å²) in [5.41, 5.74) is 24.6. The number of hydrogen-bond acceptors (Lipinski definition) is 8. The molecule has 0 aliphatic carbocycles. The van der Waals surface area contributed by atoms with Crippen LogP contribution < -0.4 is 0 Å². The predicted octanol–water partition coefficient (Wildman–Crippen LogP) is 29.8. The van der Waals surface area contributed by atoms with Gasteiger partial charge in [0, 0.05) is 118 Å². The average Bonchev–Trinajstić information content (AvgIpc) is 1.62. The number of aryl methyl sites for hydroxylation is 3. The summed E-state index contributed by atoms with van der Waals surface area (Å²) in [5.74, 6) is 1.09. The van der Waals surface area contributed by atoms with Crippen molar-refractivity contribution in [3.63, 3.8) is 0 Å². The molecule has 0 amide bonds. The Morgan fingerprint density at radius 1 is 0.196 bits per heavy atom. The Labute approximate surface area is 882 Å². The Bertz CT molecular complexity index is 7180. The van der Waals surface area contributed by atoms with Crippen molar-refractivity contribution >= 4 is 87.2 Å². The van der Waals surface area contributed by atoms with E-state index in [0.717, 1.165) is 208 Å². The molecule has 4 aromatic heterocycles. The van der Waals surface area contributed by atoms with E-state index < -0.39 is 0 Å². The average molecular weight is 2030 g/mol. The van der Waals surface area contributed by atoms with Crippen LogP contribution in [0, 0.1) is 62.3 Å². The van der Waals surface area contributed by atoms with Gasteiger partial charge in [0.15, 0.2) is 0 Å². The van der Waals surface area contributed by atoms with Crippen LogP contribution in [0.25, 0.3) is 110 Å². The summed E-state index contributed by atoms with van der Waals surface area (Å²) in [7, 11) is 8.30. The number of hydrogen-bond donors (Lipinski definition) is 4. The molecule has 18 aromatic carbocycles. The SMILES string of the molecule is Cc1cc(CN(CCN(C)C)Cc2cc(C)cc(-n3c4ccccc4c4ccccc43)c2O)c(O)c(-n2c3ccccc3c3ccccc32)c1.Cc1cc(CN(CCN(C)C)Cc2cccc(-n3c4ccccc4c4ccccc43)c2O)c(O)c(-n2c3ccccc3c3ccccc32)c1.[CH2-]c1ccccc1.[CH2-]c1ccccc1.[CH2-]c1ccccc1.[CH2-]c1ccccc1.[CH2-]c1ccccc1.[CH2-]c1ccccc1.[Zr+4].[Zr+4]. The summed E-state index contributed by atoms with van der Waals surface area (Å²) in [5, 5.41) is 57.3. The zero-order chi connectivity index (χ0) is 98.8. The summed E-state index contributed by atoms with van der Waals surface area (Å²) in [6, 6.07) is 145. The zero-order valence-corrected chi connectivity index (χ0v) is 87.7. The normalized spacial score (nSPS) is 10.8. The second kappa shape index (κ2) is 51.0. The number of fused-ring (bicyclic) bond motifs is 12. The molecule has 143 heavy (non-hydrogen) atoms. The number of para-hydroxylation sites is 9. The Morgan fingerprint density at radius 3 is 0.559 bits per heavy atom. The molecule has 14 heteroatoms. The Balaban J connectivity index is 0.000000168. The fraction of sp³-hybridized carbons (Fsp3) is 0.116. The maximum absolute atomic E-state index is 12.1. The molecule has 710 valence electrons. The summed E-state index contributed by atoms with van der Waals surface area (Å²) in [6.07, 6.45) is 0. The monoisotopic (exact) mass is 2030 g/mol. The number of rotatable bonds is 18. The first-order valence-corrected chi connectivity index (χ1v) is 47.7. The molecule has 4 N–H and O–H groups in total. The molecule has 22 rings (SSSR count). The van der Waals surface area contributed by atoms with Crippen molar-refractivity contribution in [1.82, 2.24) is 37.9 Å². The van der Waals surface area contributed by atoms with Gasteiger partial charge in [0.1, 0.15) is 23.0 Å². The van der Waals surface area contributed by atoms with E-state index >= 15 is 0 Å². The molecule has 0 atom stereocenters. The molecule has 0 spiro atoms. The van der Waals surface area contributed by atoms with E-state index in [1.165, 1.54) is 0 Å². The van der Waals surface area contributed by atoms with Gasteiger partial charge in [-0.25, -0.2) is 0 Å². The van der Waals surface area contributed by atoms with E-state index in [1.807, 2.05) is 224 Å². The van der Waals surface area contributed by atoms with Crippen molar-refractivity contribution in [2.45, 2.75) is 47.0 Å². The van der Waals surface area contributed by atoms with Crippen molar-refractivity contribution < 1.29 is 72.8 Å². The van der Waals surface area contributed by atoms with Crippen molar-refractivity contribution in [2.75, 3.05) is 54.4 Å². The van der Waals surface area contributed by atoms with E-state index in [9.17, 15) is 20.4 Å². The van der Waals surface area contributed by atoms with Gasteiger partial charge in [-0.2, -0.15) is 148 Å². The van der Waals surface area contributed by atoms with Crippen LogP contribution in [0.5, 0.6) is 23.0 Å². The maximum atomic E-state index is 12.1. The third kappa shape index (κ3) is 26.7. The third-order valence-corrected chi connectivity index (χ3v) is 24.7. The zero-order valence-electron chi connectivity index (χ0n) is 82.8. The summed E-state index contributed by atoms with van der Waals surface area (Å²) in [4.78, 5) is 8.98. The number of phenolic OH excluding ortho intramolecular Hbond substituents is 4. The molecule has 12 nitrogen and oxygen atoms in total. The maximum Gasteiger partial charge on any atom is 4.00 e. The van der Waals surface area contributed by atoms with Gasteiger partial charge in [0.05, 0.1) is 66.9 Å². The molecule has 0 bridgehead atoms. The largest absolute Gasteiger partial charge is 4.00 e. The smallest absolute Gasteiger partial charge is 0.505 e. The standard InChI is InChI=1S/C44H42N4O2.C43H40N4O2.6C7H7.2Zr/c1-29-23-31(43(49)41(25-29)47-37-17-9-5-13-33(37)34-14-6-10-18-38(34)47)27-46(22-21-45(3)4)28-32-24-30(2)26-42(44(32)50)48-39-19-11-7-15-35(39)36-16-8-12-20-40(36)48;1-29-25-31(43(49)41(26-29)47-38-20-10-6-16-34(38)35-17-7-11-21-39(35)47)28-45(24-23-44(2)3)27-30-13-12-22-40(42(30)48)46-36-18-8-4-14-32(36)33-15-5-9-19-37(33)46;6*1-7-5-3-2-4-6-7;;/h5-20,23-26,49-50H,21-22,27-28H2,1-4H3;4-22,25-26,48-49H,23-24,27-28H2,1-3H3;6*2-6H,1H2;;/q;;6*-1;2*+4. The van der Waals surface area contributed by atoms with Crippen molar-refractivity contribution in [2.24, 2.45) is 0 Å². The number of aromatic hydroxyl groups is 4. The second-order valence-corrected chi connectivity index (χ2v) is 36.1. The molecular formula is C129H124N8O4Zr2+2. The molecule has 0 fully saturated rings. The van der Waals surface area contributed by atoms with Gasteiger partial charge in [0.2, 0.25) is 0 Å². The first-order chi connectivity index (χ1) is 68.5. The summed E-state index contributed by atoms with van der Waals surface area (Å²) < 4.78 is 8.72. The van der Waals surface area contributed by atoms with Gasteiger partial charge in [0.25, 0.3) is 0 Å². The summed E-state index contributed by atoms with van der Waals surface area (Å²) in [6.45, 7) is 33.8. The summed E-state index contributed by atoms with van der Waals surface area (Å²) >= 11 is 0. The predicted molar refractivity (Wildman–Crippen MR) is 595 cm³/mol. The number of phenols is 4. The molecule has 4 heterocycles. The van der Waals surface area contributed by atoms with Gasteiger partial charge < -0.3 is 48.5 Å². The minimum absolute atomic E-state index is 0. The quantitative estimate of drug-likeness (QED) is 0.0629. The van der Waals surface area contributed by atoms with Crippen molar-refractivity contribution in [3.05, 3.63) is 545 Å². The molecule has 0 radical (unpaired) electrons. The van der Waals surface area contributed by atoms with Crippen molar-refractivity contribution in [3.8, 4) is 45.7 Å². The van der Waals surface area contributed by atoms with Crippen LogP contribution in [0.15, 0.2) is 431 Å². The van der Waals surface area contributed by atoms with Crippen LogP contribution in [-0.2, 0) is 78.6 Å². The van der Waals surface area contributed by atoms with E-state index in [0.29, 0.717) is 26.2 Å². The number of likely N-dealkylation sites (N-methyl/N-ethyl adjacent to an activating group) is 2.